The number of hydrogen-bond acceptors (Lipinski definition) is 13. The molecule has 3 heterocycles. The Kier molecular flexibility index (Phi) is 9.51. The second kappa shape index (κ2) is 11.8. The van der Waals surface area contributed by atoms with Gasteiger partial charge in [-0.05, 0) is 13.8 Å². The summed E-state index contributed by atoms with van der Waals surface area (Å²) in [5.41, 5.74) is -1.24. The maximum Gasteiger partial charge on any atom is 0.483 e. The van der Waals surface area contributed by atoms with Crippen LogP contribution in [0.4, 0.5) is 0 Å². The highest BCUT2D eigenvalue weighted by Gasteiger charge is 2.48. The number of carbonyl (C=O) groups excluding carboxylic acids is 1. The first-order valence-electron chi connectivity index (χ1n) is 11.1. The molecule has 216 valence electrons. The average molecular weight is 589 g/mol. The number of nitrogens with zero attached hydrogens (tertiary/aromatic N) is 1. The minimum atomic E-state index is -5.48. The van der Waals surface area contributed by atoms with Crippen molar-refractivity contribution in [2.45, 2.75) is 76.3 Å². The van der Waals surface area contributed by atoms with E-state index >= 15 is 0 Å². The molecule has 20 heteroatoms. The number of hydrogen-bond donors (Lipinski definition) is 7. The number of ether oxygens (including phenoxy) is 2. The van der Waals surface area contributed by atoms with Gasteiger partial charge in [0.1, 0.15) is 24.5 Å². The van der Waals surface area contributed by atoms with Crippen molar-refractivity contribution in [1.82, 2.24) is 14.9 Å². The number of rotatable bonds is 9. The summed E-state index contributed by atoms with van der Waals surface area (Å²) in [6.45, 7) is 3.02. The molecule has 0 saturated carbocycles. The first kappa shape index (κ1) is 30.7. The normalized spacial score (nSPS) is 34.8. The maximum absolute atomic E-state index is 12.4. The van der Waals surface area contributed by atoms with Crippen molar-refractivity contribution < 1.29 is 61.9 Å². The number of aliphatic hydroxyl groups excluding tert-OH is 3. The Morgan fingerprint density at radius 2 is 1.84 bits per heavy atom. The van der Waals surface area contributed by atoms with Gasteiger partial charge in [0.2, 0.25) is 5.91 Å². The smallest absolute Gasteiger partial charge is 0.390 e. The third-order valence-electron chi connectivity index (χ3n) is 5.72. The Morgan fingerprint density at radius 3 is 2.47 bits per heavy atom. The summed E-state index contributed by atoms with van der Waals surface area (Å²) >= 11 is 0. The van der Waals surface area contributed by atoms with E-state index in [1.54, 1.807) is 0 Å². The van der Waals surface area contributed by atoms with E-state index in [2.05, 4.69) is 23.7 Å². The molecule has 1 aromatic heterocycles. The molecule has 2 aliphatic heterocycles. The fraction of sp³-hybridized carbons (Fsp3) is 0.722. The fourth-order valence-corrected chi connectivity index (χ4v) is 5.99. The summed E-state index contributed by atoms with van der Waals surface area (Å²) in [4.78, 5) is 56.9. The van der Waals surface area contributed by atoms with Crippen molar-refractivity contribution in [3.05, 3.63) is 32.6 Å². The Hall–Kier alpha value is -1.79. The number of amides is 1. The highest BCUT2D eigenvalue weighted by Crippen LogP contribution is 2.61. The van der Waals surface area contributed by atoms with Gasteiger partial charge in [0.15, 0.2) is 6.29 Å². The van der Waals surface area contributed by atoms with Gasteiger partial charge in [-0.15, -0.1) is 0 Å². The first-order chi connectivity index (χ1) is 17.5. The van der Waals surface area contributed by atoms with Gasteiger partial charge in [-0.2, -0.15) is 4.31 Å². The van der Waals surface area contributed by atoms with Crippen LogP contribution in [0.25, 0.3) is 0 Å². The predicted molar refractivity (Wildman–Crippen MR) is 122 cm³/mol. The number of phosphoric ester groups is 2. The molecule has 0 radical (unpaired) electrons. The van der Waals surface area contributed by atoms with E-state index in [0.717, 1.165) is 11.5 Å². The lowest BCUT2D eigenvalue weighted by atomic mass is 9.97. The molecular weight excluding hydrogens is 560 g/mol. The highest BCUT2D eigenvalue weighted by atomic mass is 31.3. The quantitative estimate of drug-likeness (QED) is 0.150. The van der Waals surface area contributed by atoms with Crippen LogP contribution < -0.4 is 16.6 Å². The third kappa shape index (κ3) is 7.44. The van der Waals surface area contributed by atoms with Crippen molar-refractivity contribution in [2.75, 3.05) is 6.61 Å². The summed E-state index contributed by atoms with van der Waals surface area (Å²) < 4.78 is 49.8. The molecule has 3 rings (SSSR count). The second-order valence-corrected chi connectivity index (χ2v) is 11.7. The molecule has 38 heavy (non-hydrogen) atoms. The van der Waals surface area contributed by atoms with Crippen LogP contribution in [0.15, 0.2) is 15.8 Å². The van der Waals surface area contributed by atoms with E-state index in [9.17, 15) is 48.6 Å². The van der Waals surface area contributed by atoms with E-state index in [0.29, 0.717) is 0 Å². The lowest BCUT2D eigenvalue weighted by Gasteiger charge is -2.41. The molecule has 2 unspecified atom stereocenters. The summed E-state index contributed by atoms with van der Waals surface area (Å²) in [6.07, 6.45) is -8.98. The third-order valence-corrected chi connectivity index (χ3v) is 8.32. The number of phosphoric acid groups is 2. The molecule has 2 aliphatic rings. The van der Waals surface area contributed by atoms with E-state index in [1.165, 1.54) is 20.0 Å². The lowest BCUT2D eigenvalue weighted by Crippen LogP contribution is -2.63. The SMILES string of the molecule is CC(=O)N[C@H]1[C@@H](O)[C@@H](C)O[C@H](OP(=O)(O)OP(=O)(O)OC[C@H]2O[C@@H](n3cc(C)c(=O)[nH]c3=O)C[C@@H]2O)[C@@H]1O. The van der Waals surface area contributed by atoms with Crippen LogP contribution in [0.5, 0.6) is 0 Å². The number of aliphatic hydroxyl groups is 3. The number of aromatic nitrogens is 2. The van der Waals surface area contributed by atoms with E-state index in [-0.39, 0.29) is 12.0 Å². The van der Waals surface area contributed by atoms with Gasteiger partial charge in [-0.25, -0.2) is 13.9 Å². The minimum absolute atomic E-state index is 0.159. The Balaban J connectivity index is 1.60. The van der Waals surface area contributed by atoms with Crippen molar-refractivity contribution in [1.29, 1.82) is 0 Å². The Bertz CT molecular complexity index is 1240. The molecule has 0 bridgehead atoms. The molecule has 7 N–H and O–H groups in total. The molecule has 2 saturated heterocycles. The zero-order valence-electron chi connectivity index (χ0n) is 20.3. The van der Waals surface area contributed by atoms with Crippen LogP contribution >= 0.6 is 15.6 Å². The zero-order valence-corrected chi connectivity index (χ0v) is 22.1. The van der Waals surface area contributed by atoms with Crippen LogP contribution in [-0.2, 0) is 36.8 Å². The van der Waals surface area contributed by atoms with Gasteiger partial charge >= 0.3 is 21.3 Å². The lowest BCUT2D eigenvalue weighted by molar-refractivity contribution is -0.244. The van der Waals surface area contributed by atoms with Crippen LogP contribution in [0.2, 0.25) is 0 Å². The summed E-state index contributed by atoms with van der Waals surface area (Å²) in [5.74, 6) is -0.642. The van der Waals surface area contributed by atoms with E-state index in [4.69, 9.17) is 9.47 Å². The van der Waals surface area contributed by atoms with Gasteiger partial charge in [0, 0.05) is 25.1 Å². The monoisotopic (exact) mass is 589 g/mol. The minimum Gasteiger partial charge on any atom is -0.390 e. The fourth-order valence-electron chi connectivity index (χ4n) is 3.84. The topological polar surface area (TPSA) is 265 Å². The van der Waals surface area contributed by atoms with Crippen molar-refractivity contribution >= 4 is 21.6 Å². The van der Waals surface area contributed by atoms with Gasteiger partial charge in [-0.3, -0.25) is 28.2 Å². The zero-order chi connectivity index (χ0) is 28.6. The number of nitrogens with one attached hydrogen (secondary N) is 2. The molecule has 0 spiro atoms. The highest BCUT2D eigenvalue weighted by molar-refractivity contribution is 7.61. The summed E-state index contributed by atoms with van der Waals surface area (Å²) in [7, 11) is -10.8. The first-order valence-corrected chi connectivity index (χ1v) is 14.1. The number of carbonyl (C=O) groups is 1. The molecular formula is C18H29N3O15P2. The van der Waals surface area contributed by atoms with Gasteiger partial charge in [0.05, 0.1) is 24.9 Å². The van der Waals surface area contributed by atoms with Crippen molar-refractivity contribution in [2.24, 2.45) is 0 Å². The Labute approximate surface area is 214 Å². The molecule has 0 aliphatic carbocycles. The largest absolute Gasteiger partial charge is 0.483 e. The standard InChI is InChI=1S/C18H29N3O15P2/c1-7-5-21(18(27)20-16(7)26)12-4-10(23)11(34-12)6-32-37(28,29)36-38(30,31)35-17-15(25)13(19-9(3)22)14(24)8(2)33-17/h5,8,10-15,17,23-25H,4,6H2,1-3H3,(H,19,22)(H,28,29)(H,30,31)(H,20,26,27)/t8-,10+,11-,12-,13+,14+,15-,17-/m1/s1. The average Bonchev–Trinajstić information content (AvgIpc) is 3.15. The van der Waals surface area contributed by atoms with Gasteiger partial charge in [-0.1, -0.05) is 0 Å². The molecule has 0 aromatic carbocycles. The van der Waals surface area contributed by atoms with Gasteiger partial charge in [0.25, 0.3) is 5.56 Å². The van der Waals surface area contributed by atoms with E-state index < -0.39 is 88.5 Å². The van der Waals surface area contributed by atoms with Crippen LogP contribution in [0.3, 0.4) is 0 Å². The number of H-pyrrole nitrogens is 1. The van der Waals surface area contributed by atoms with Crippen molar-refractivity contribution in [3.63, 3.8) is 0 Å². The molecule has 18 nitrogen and oxygen atoms in total. The van der Waals surface area contributed by atoms with Crippen molar-refractivity contribution in [3.8, 4) is 0 Å². The van der Waals surface area contributed by atoms with Crippen LogP contribution in [0, 0.1) is 6.92 Å². The number of aromatic amines is 1. The Morgan fingerprint density at radius 1 is 1.18 bits per heavy atom. The number of aryl methyl sites for hydroxylation is 1. The summed E-state index contributed by atoms with van der Waals surface area (Å²) in [5, 5.41) is 32.9. The molecule has 1 aromatic rings. The molecule has 10 atom stereocenters. The predicted octanol–water partition coefficient (Wildman–Crippen LogP) is -2.28. The van der Waals surface area contributed by atoms with E-state index in [1.807, 2.05) is 0 Å². The second-order valence-electron chi connectivity index (χ2n) is 8.75. The molecule has 2 fully saturated rings. The maximum atomic E-state index is 12.4. The molecule has 1 amide bonds. The van der Waals surface area contributed by atoms with Crippen LogP contribution in [0.1, 0.15) is 32.1 Å². The summed E-state index contributed by atoms with van der Waals surface area (Å²) in [6, 6.07) is -1.37. The van der Waals surface area contributed by atoms with Gasteiger partial charge < -0.3 is 39.9 Å². The van der Waals surface area contributed by atoms with Crippen LogP contribution in [-0.4, -0.2) is 90.0 Å².